The number of hydrogen-bond donors (Lipinski definition) is 1. The molecule has 100 valence electrons. The van der Waals surface area contributed by atoms with E-state index in [-0.39, 0.29) is 0 Å². The minimum atomic E-state index is 1.05. The van der Waals surface area contributed by atoms with Crippen molar-refractivity contribution in [2.24, 2.45) is 0 Å². The number of hydrogen-bond acceptors (Lipinski definition) is 2. The summed E-state index contributed by atoms with van der Waals surface area (Å²) in [5.41, 5.74) is 3.60. The zero-order valence-corrected chi connectivity index (χ0v) is 11.8. The molecule has 0 atom stereocenters. The van der Waals surface area contributed by atoms with Crippen LogP contribution >= 0.6 is 0 Å². The Hall–Kier alpha value is -1.96. The predicted molar refractivity (Wildman–Crippen MR) is 84.3 cm³/mol. The topological polar surface area (TPSA) is 15.3 Å². The molecule has 0 unspecified atom stereocenters. The van der Waals surface area contributed by atoms with Crippen molar-refractivity contribution < 1.29 is 0 Å². The standard InChI is InChI=1S/C17H22N2/c1-3-4-14-18-15-10-12-17(13-11-15)19(2)16-8-6-5-7-9-16/h5-13,18H,3-4,14H2,1-2H3. The van der Waals surface area contributed by atoms with Gasteiger partial charge in [-0.25, -0.2) is 0 Å². The Morgan fingerprint density at radius 1 is 0.895 bits per heavy atom. The Balaban J connectivity index is 2.02. The van der Waals surface area contributed by atoms with Crippen molar-refractivity contribution in [1.29, 1.82) is 0 Å². The van der Waals surface area contributed by atoms with E-state index in [0.29, 0.717) is 0 Å². The smallest absolute Gasteiger partial charge is 0.0409 e. The second-order valence-corrected chi connectivity index (χ2v) is 4.72. The van der Waals surface area contributed by atoms with Crippen LogP contribution in [0.4, 0.5) is 17.1 Å². The first-order valence-electron chi connectivity index (χ1n) is 6.94. The zero-order chi connectivity index (χ0) is 13.5. The maximum Gasteiger partial charge on any atom is 0.0409 e. The quantitative estimate of drug-likeness (QED) is 0.754. The largest absolute Gasteiger partial charge is 0.385 e. The monoisotopic (exact) mass is 254 g/mol. The lowest BCUT2D eigenvalue weighted by atomic mass is 10.2. The summed E-state index contributed by atoms with van der Waals surface area (Å²) in [5.74, 6) is 0. The van der Waals surface area contributed by atoms with E-state index in [4.69, 9.17) is 0 Å². The van der Waals surface area contributed by atoms with Gasteiger partial charge in [-0.2, -0.15) is 0 Å². The molecule has 0 radical (unpaired) electrons. The molecule has 0 aliphatic carbocycles. The number of anilines is 3. The summed E-state index contributed by atoms with van der Waals surface area (Å²) in [4.78, 5) is 2.19. The fraction of sp³-hybridized carbons (Fsp3) is 0.294. The van der Waals surface area contributed by atoms with E-state index in [9.17, 15) is 0 Å². The summed E-state index contributed by atoms with van der Waals surface area (Å²) in [5, 5.41) is 3.43. The van der Waals surface area contributed by atoms with E-state index in [2.05, 4.69) is 72.7 Å². The summed E-state index contributed by atoms with van der Waals surface area (Å²) in [7, 11) is 2.09. The van der Waals surface area contributed by atoms with Crippen LogP contribution in [-0.4, -0.2) is 13.6 Å². The molecule has 0 aliphatic heterocycles. The highest BCUT2D eigenvalue weighted by Gasteiger charge is 2.02. The Morgan fingerprint density at radius 2 is 1.53 bits per heavy atom. The normalized spacial score (nSPS) is 10.2. The third kappa shape index (κ3) is 3.75. The van der Waals surface area contributed by atoms with Crippen molar-refractivity contribution in [1.82, 2.24) is 0 Å². The van der Waals surface area contributed by atoms with Crippen LogP contribution < -0.4 is 10.2 Å². The maximum absolute atomic E-state index is 3.43. The molecule has 2 aromatic rings. The van der Waals surface area contributed by atoms with Gasteiger partial charge in [0.2, 0.25) is 0 Å². The number of benzene rings is 2. The highest BCUT2D eigenvalue weighted by atomic mass is 15.1. The van der Waals surface area contributed by atoms with Gasteiger partial charge in [-0.1, -0.05) is 31.5 Å². The lowest BCUT2D eigenvalue weighted by Crippen LogP contribution is -2.09. The molecular formula is C17H22N2. The molecule has 0 saturated heterocycles. The Labute approximate surface area is 116 Å². The summed E-state index contributed by atoms with van der Waals surface area (Å²) in [6.07, 6.45) is 2.44. The van der Waals surface area contributed by atoms with Gasteiger partial charge in [-0.15, -0.1) is 0 Å². The summed E-state index contributed by atoms with van der Waals surface area (Å²) in [6.45, 7) is 3.25. The van der Waals surface area contributed by atoms with Crippen LogP contribution in [-0.2, 0) is 0 Å². The molecule has 19 heavy (non-hydrogen) atoms. The number of rotatable bonds is 6. The first-order valence-corrected chi connectivity index (χ1v) is 6.94. The second kappa shape index (κ2) is 6.83. The summed E-state index contributed by atoms with van der Waals surface area (Å²) in [6, 6.07) is 19.0. The first kappa shape index (κ1) is 13.5. The number of para-hydroxylation sites is 1. The molecule has 2 nitrogen and oxygen atoms in total. The van der Waals surface area contributed by atoms with Gasteiger partial charge in [-0.3, -0.25) is 0 Å². The second-order valence-electron chi connectivity index (χ2n) is 4.72. The van der Waals surface area contributed by atoms with Crippen LogP contribution in [0.5, 0.6) is 0 Å². The average Bonchev–Trinajstić information content (AvgIpc) is 2.48. The lowest BCUT2D eigenvalue weighted by molar-refractivity contribution is 0.834. The molecule has 0 amide bonds. The third-order valence-electron chi connectivity index (χ3n) is 3.26. The first-order chi connectivity index (χ1) is 9.31. The molecule has 0 fully saturated rings. The maximum atomic E-state index is 3.43. The molecular weight excluding hydrogens is 232 g/mol. The minimum absolute atomic E-state index is 1.05. The number of unbranched alkanes of at least 4 members (excludes halogenated alkanes) is 1. The van der Waals surface area contributed by atoms with Gasteiger partial charge in [0.05, 0.1) is 0 Å². The minimum Gasteiger partial charge on any atom is -0.385 e. The van der Waals surface area contributed by atoms with Gasteiger partial charge >= 0.3 is 0 Å². The van der Waals surface area contributed by atoms with Crippen molar-refractivity contribution >= 4 is 17.1 Å². The third-order valence-corrected chi connectivity index (χ3v) is 3.26. The van der Waals surface area contributed by atoms with Gasteiger partial charge in [0.15, 0.2) is 0 Å². The highest BCUT2D eigenvalue weighted by Crippen LogP contribution is 2.24. The van der Waals surface area contributed by atoms with Crippen molar-refractivity contribution in [3.05, 3.63) is 54.6 Å². The fourth-order valence-electron chi connectivity index (χ4n) is 2.01. The Morgan fingerprint density at radius 3 is 2.16 bits per heavy atom. The van der Waals surface area contributed by atoms with Gasteiger partial charge in [0.1, 0.15) is 0 Å². The molecule has 0 heterocycles. The van der Waals surface area contributed by atoms with Crippen LogP contribution in [0, 0.1) is 0 Å². The van der Waals surface area contributed by atoms with E-state index in [1.54, 1.807) is 0 Å². The van der Waals surface area contributed by atoms with E-state index in [1.807, 2.05) is 6.07 Å². The van der Waals surface area contributed by atoms with Crippen molar-refractivity contribution in [3.63, 3.8) is 0 Å². The van der Waals surface area contributed by atoms with E-state index in [1.165, 1.54) is 29.9 Å². The molecule has 2 aromatic carbocycles. The van der Waals surface area contributed by atoms with Gasteiger partial charge in [0.25, 0.3) is 0 Å². The van der Waals surface area contributed by atoms with Crippen LogP contribution in [0.1, 0.15) is 19.8 Å². The summed E-state index contributed by atoms with van der Waals surface area (Å²) >= 11 is 0. The molecule has 2 rings (SSSR count). The van der Waals surface area contributed by atoms with Crippen LogP contribution in [0.3, 0.4) is 0 Å². The van der Waals surface area contributed by atoms with E-state index >= 15 is 0 Å². The fourth-order valence-corrected chi connectivity index (χ4v) is 2.01. The number of nitrogens with one attached hydrogen (secondary N) is 1. The average molecular weight is 254 g/mol. The summed E-state index contributed by atoms with van der Waals surface area (Å²) < 4.78 is 0. The van der Waals surface area contributed by atoms with Crippen LogP contribution in [0.15, 0.2) is 54.6 Å². The molecule has 0 aromatic heterocycles. The SMILES string of the molecule is CCCCNc1ccc(N(C)c2ccccc2)cc1. The predicted octanol–water partition coefficient (Wildman–Crippen LogP) is 4.67. The Bertz CT molecular complexity index is 476. The van der Waals surface area contributed by atoms with Gasteiger partial charge in [0, 0.05) is 30.7 Å². The Kier molecular flexibility index (Phi) is 4.85. The molecule has 1 N–H and O–H groups in total. The van der Waals surface area contributed by atoms with E-state index < -0.39 is 0 Å². The van der Waals surface area contributed by atoms with Crippen LogP contribution in [0.25, 0.3) is 0 Å². The molecule has 0 spiro atoms. The van der Waals surface area contributed by atoms with Crippen molar-refractivity contribution in [2.75, 3.05) is 23.8 Å². The van der Waals surface area contributed by atoms with Crippen molar-refractivity contribution in [2.45, 2.75) is 19.8 Å². The zero-order valence-electron chi connectivity index (χ0n) is 11.8. The van der Waals surface area contributed by atoms with Gasteiger partial charge in [-0.05, 0) is 42.8 Å². The molecule has 0 aliphatic rings. The number of nitrogens with zero attached hydrogens (tertiary/aromatic N) is 1. The van der Waals surface area contributed by atoms with Crippen LogP contribution in [0.2, 0.25) is 0 Å². The van der Waals surface area contributed by atoms with E-state index in [0.717, 1.165) is 6.54 Å². The lowest BCUT2D eigenvalue weighted by Gasteiger charge is -2.19. The highest BCUT2D eigenvalue weighted by molar-refractivity contribution is 5.64. The van der Waals surface area contributed by atoms with Crippen molar-refractivity contribution in [3.8, 4) is 0 Å². The van der Waals surface area contributed by atoms with Gasteiger partial charge < -0.3 is 10.2 Å². The molecule has 2 heteroatoms. The molecule has 0 saturated carbocycles. The molecule has 0 bridgehead atoms.